The molecule has 1 aromatic rings. The highest BCUT2D eigenvalue weighted by Gasteiger charge is 2.20. The molecule has 5 nitrogen and oxygen atoms in total. The van der Waals surface area contributed by atoms with Crippen molar-refractivity contribution in [2.45, 2.75) is 13.8 Å². The van der Waals surface area contributed by atoms with Crippen LogP contribution in [0.4, 0.5) is 11.4 Å². The maximum Gasteiger partial charge on any atom is 0.432 e. The highest BCUT2D eigenvalue weighted by Crippen LogP contribution is 2.37. The van der Waals surface area contributed by atoms with Gasteiger partial charge in [0.25, 0.3) is 0 Å². The fraction of sp³-hybridized carbons (Fsp3) is 0.400. The standard InChI is InChI=1S/C10H14N3O2.ClH/c1-3-14-7-5-8(11)10(15-4-2)9(6-7)13-12;/h5-6H,3-4,11H2,1-2H3;1H/q+1;/p-1. The summed E-state index contributed by atoms with van der Waals surface area (Å²) in [7, 11) is 0. The van der Waals surface area contributed by atoms with Crippen LogP contribution in [0.1, 0.15) is 13.8 Å². The van der Waals surface area contributed by atoms with E-state index in [1.807, 2.05) is 13.8 Å². The lowest BCUT2D eigenvalue weighted by atomic mass is 10.2. The summed E-state index contributed by atoms with van der Waals surface area (Å²) in [5.41, 5.74) is 6.41. The predicted molar refractivity (Wildman–Crippen MR) is 57.9 cm³/mol. The molecule has 88 valence electrons. The Morgan fingerprint density at radius 2 is 1.88 bits per heavy atom. The molecule has 1 rings (SSSR count). The molecule has 0 radical (unpaired) electrons. The molecule has 16 heavy (non-hydrogen) atoms. The highest BCUT2D eigenvalue weighted by molar-refractivity contribution is 5.72. The van der Waals surface area contributed by atoms with Gasteiger partial charge in [0.1, 0.15) is 5.75 Å². The minimum atomic E-state index is 0. The molecule has 0 spiro atoms. The van der Waals surface area contributed by atoms with Gasteiger partial charge in [-0.2, -0.15) is 0 Å². The number of diazo groups is 1. The van der Waals surface area contributed by atoms with Crippen molar-refractivity contribution in [3.63, 3.8) is 0 Å². The Balaban J connectivity index is 0.00000225. The van der Waals surface area contributed by atoms with Crippen molar-refractivity contribution in [1.29, 1.82) is 5.39 Å². The van der Waals surface area contributed by atoms with Gasteiger partial charge in [-0.05, 0) is 13.8 Å². The van der Waals surface area contributed by atoms with Crippen molar-refractivity contribution >= 4 is 11.4 Å². The molecule has 0 aromatic heterocycles. The van der Waals surface area contributed by atoms with Gasteiger partial charge in [0.15, 0.2) is 4.98 Å². The van der Waals surface area contributed by atoms with Crippen LogP contribution in [0.25, 0.3) is 4.98 Å². The molecule has 0 bridgehead atoms. The number of anilines is 1. The molecule has 0 fully saturated rings. The summed E-state index contributed by atoms with van der Waals surface area (Å²) in [6.07, 6.45) is 0. The van der Waals surface area contributed by atoms with Gasteiger partial charge in [-0.1, -0.05) is 0 Å². The van der Waals surface area contributed by atoms with Crippen LogP contribution < -0.4 is 27.6 Å². The second-order valence-electron chi connectivity index (χ2n) is 2.83. The quantitative estimate of drug-likeness (QED) is 0.575. The summed E-state index contributed by atoms with van der Waals surface area (Å²) in [4.78, 5) is 3.11. The largest absolute Gasteiger partial charge is 1.00 e. The topological polar surface area (TPSA) is 72.6 Å². The summed E-state index contributed by atoms with van der Waals surface area (Å²) in [6.45, 7) is 4.68. The Morgan fingerprint density at radius 3 is 2.38 bits per heavy atom. The van der Waals surface area contributed by atoms with Crippen molar-refractivity contribution in [2.24, 2.45) is 0 Å². The molecule has 0 amide bonds. The van der Waals surface area contributed by atoms with E-state index in [1.165, 1.54) is 0 Å². The van der Waals surface area contributed by atoms with E-state index in [1.54, 1.807) is 12.1 Å². The SMILES string of the molecule is CCOc1cc(N)c(OCC)c([N+]#N)c1.[Cl-]. The summed E-state index contributed by atoms with van der Waals surface area (Å²) in [5, 5.41) is 8.80. The van der Waals surface area contributed by atoms with E-state index in [2.05, 4.69) is 4.98 Å². The Hall–Kier alpha value is -1.67. The second-order valence-corrected chi connectivity index (χ2v) is 2.83. The number of benzene rings is 1. The minimum absolute atomic E-state index is 0. The van der Waals surface area contributed by atoms with E-state index in [0.717, 1.165) is 0 Å². The van der Waals surface area contributed by atoms with Crippen molar-refractivity contribution < 1.29 is 21.9 Å². The second kappa shape index (κ2) is 6.75. The lowest BCUT2D eigenvalue weighted by Crippen LogP contribution is -3.00. The number of ether oxygens (including phenoxy) is 2. The van der Waals surface area contributed by atoms with E-state index in [-0.39, 0.29) is 18.1 Å². The summed E-state index contributed by atoms with van der Waals surface area (Å²) in [6, 6.07) is 3.22. The molecule has 0 saturated carbocycles. The lowest BCUT2D eigenvalue weighted by Gasteiger charge is -2.06. The number of hydrogen-bond acceptors (Lipinski definition) is 4. The molecule has 2 N–H and O–H groups in total. The Bertz CT molecular complexity index is 390. The molecule has 0 aliphatic rings. The third-order valence-electron chi connectivity index (χ3n) is 1.78. The maximum atomic E-state index is 8.80. The van der Waals surface area contributed by atoms with E-state index in [0.29, 0.717) is 30.4 Å². The zero-order valence-corrected chi connectivity index (χ0v) is 9.99. The van der Waals surface area contributed by atoms with Crippen molar-refractivity contribution in [1.82, 2.24) is 0 Å². The molecule has 0 heterocycles. The number of nitrogen functional groups attached to an aromatic ring is 1. The number of nitrogens with two attached hydrogens (primary N) is 1. The van der Waals surface area contributed by atoms with E-state index in [9.17, 15) is 0 Å². The maximum absolute atomic E-state index is 8.80. The molecule has 0 atom stereocenters. The first kappa shape index (κ1) is 14.3. The van der Waals surface area contributed by atoms with Crippen LogP contribution in [-0.4, -0.2) is 13.2 Å². The normalized spacial score (nSPS) is 8.81. The molecular weight excluding hydrogens is 230 g/mol. The van der Waals surface area contributed by atoms with Gasteiger partial charge < -0.3 is 27.6 Å². The van der Waals surface area contributed by atoms with Gasteiger partial charge >= 0.3 is 5.69 Å². The monoisotopic (exact) mass is 243 g/mol. The Morgan fingerprint density at radius 1 is 1.25 bits per heavy atom. The van der Waals surface area contributed by atoms with Crippen molar-refractivity contribution in [3.8, 4) is 11.5 Å². The number of halogens is 1. The number of nitrogens with zero attached hydrogens (tertiary/aromatic N) is 2. The van der Waals surface area contributed by atoms with E-state index >= 15 is 0 Å². The first-order valence-corrected chi connectivity index (χ1v) is 4.77. The van der Waals surface area contributed by atoms with Crippen LogP contribution in [0.3, 0.4) is 0 Å². The van der Waals surface area contributed by atoms with Crippen LogP contribution in [-0.2, 0) is 0 Å². The predicted octanol–water partition coefficient (Wildman–Crippen LogP) is -0.445. The fourth-order valence-corrected chi connectivity index (χ4v) is 1.23. The fourth-order valence-electron chi connectivity index (χ4n) is 1.23. The average Bonchev–Trinajstić information content (AvgIpc) is 2.22. The number of rotatable bonds is 4. The first-order valence-electron chi connectivity index (χ1n) is 4.77. The molecule has 0 saturated heterocycles. The van der Waals surface area contributed by atoms with Crippen molar-refractivity contribution in [2.75, 3.05) is 18.9 Å². The van der Waals surface area contributed by atoms with E-state index in [4.69, 9.17) is 20.6 Å². The minimum Gasteiger partial charge on any atom is -1.00 e. The van der Waals surface area contributed by atoms with Crippen LogP contribution in [0.2, 0.25) is 0 Å². The zero-order valence-electron chi connectivity index (χ0n) is 9.24. The third kappa shape index (κ3) is 3.17. The molecule has 1 aromatic carbocycles. The zero-order chi connectivity index (χ0) is 11.3. The first-order chi connectivity index (χ1) is 7.22. The van der Waals surface area contributed by atoms with Crippen LogP contribution >= 0.6 is 0 Å². The summed E-state index contributed by atoms with van der Waals surface area (Å²) in [5.74, 6) is 0.940. The smallest absolute Gasteiger partial charge is 0.432 e. The third-order valence-corrected chi connectivity index (χ3v) is 1.78. The van der Waals surface area contributed by atoms with Crippen LogP contribution in [0.15, 0.2) is 12.1 Å². The Kier molecular flexibility index (Phi) is 6.04. The summed E-state index contributed by atoms with van der Waals surface area (Å²) >= 11 is 0. The van der Waals surface area contributed by atoms with E-state index < -0.39 is 0 Å². The highest BCUT2D eigenvalue weighted by atomic mass is 35.5. The average molecular weight is 244 g/mol. The van der Waals surface area contributed by atoms with Gasteiger partial charge in [-0.15, -0.1) is 0 Å². The number of hydrogen-bond donors (Lipinski definition) is 1. The van der Waals surface area contributed by atoms with Gasteiger partial charge in [0, 0.05) is 6.07 Å². The van der Waals surface area contributed by atoms with Gasteiger partial charge in [-0.3, -0.25) is 0 Å². The lowest BCUT2D eigenvalue weighted by molar-refractivity contribution is -0.00000445. The van der Waals surface area contributed by atoms with Crippen LogP contribution in [0.5, 0.6) is 11.5 Å². The van der Waals surface area contributed by atoms with Gasteiger partial charge in [-0.25, -0.2) is 0 Å². The van der Waals surface area contributed by atoms with Gasteiger partial charge in [0.05, 0.1) is 25.0 Å². The summed E-state index contributed by atoms with van der Waals surface area (Å²) < 4.78 is 10.5. The molecule has 0 aliphatic heterocycles. The molecule has 0 aliphatic carbocycles. The molecule has 0 unspecified atom stereocenters. The van der Waals surface area contributed by atoms with Crippen molar-refractivity contribution in [3.05, 3.63) is 17.1 Å². The Labute approximate surface area is 101 Å². The molecule has 6 heteroatoms. The van der Waals surface area contributed by atoms with Gasteiger partial charge in [0.2, 0.25) is 11.1 Å². The molecular formula is C10H14ClN3O2. The van der Waals surface area contributed by atoms with Crippen LogP contribution in [0, 0.1) is 5.39 Å².